The summed E-state index contributed by atoms with van der Waals surface area (Å²) in [5, 5.41) is 3.33. The molecule has 19 heavy (non-hydrogen) atoms. The molecule has 1 aliphatic rings. The first-order valence-electron chi connectivity index (χ1n) is 7.35. The predicted molar refractivity (Wildman–Crippen MR) is 82.7 cm³/mol. The lowest BCUT2D eigenvalue weighted by Crippen LogP contribution is -2.44. The van der Waals surface area contributed by atoms with Crippen LogP contribution >= 0.6 is 0 Å². The van der Waals surface area contributed by atoms with Gasteiger partial charge in [0.2, 0.25) is 0 Å². The fourth-order valence-electron chi connectivity index (χ4n) is 2.87. The molecule has 0 aliphatic carbocycles. The van der Waals surface area contributed by atoms with Crippen LogP contribution in [0, 0.1) is 0 Å². The van der Waals surface area contributed by atoms with Crippen LogP contribution in [0.15, 0.2) is 24.3 Å². The Hall–Kier alpha value is -1.06. The van der Waals surface area contributed by atoms with E-state index < -0.39 is 0 Å². The van der Waals surface area contributed by atoms with E-state index in [1.807, 2.05) is 0 Å². The zero-order valence-corrected chi connectivity index (χ0v) is 12.5. The van der Waals surface area contributed by atoms with Gasteiger partial charge in [-0.1, -0.05) is 18.6 Å². The molecule has 1 aromatic carbocycles. The lowest BCUT2D eigenvalue weighted by atomic mass is 10.0. The van der Waals surface area contributed by atoms with Crippen molar-refractivity contribution in [2.75, 3.05) is 39.1 Å². The minimum atomic E-state index is 0.701. The van der Waals surface area contributed by atoms with Gasteiger partial charge in [0.05, 0.1) is 0 Å². The molecule has 1 N–H and O–H groups in total. The quantitative estimate of drug-likeness (QED) is 0.877. The zero-order chi connectivity index (χ0) is 13.7. The van der Waals surface area contributed by atoms with Crippen LogP contribution in [-0.2, 0) is 6.54 Å². The Morgan fingerprint density at radius 1 is 1.21 bits per heavy atom. The van der Waals surface area contributed by atoms with E-state index in [0.29, 0.717) is 6.04 Å². The maximum Gasteiger partial charge on any atom is 0.0361 e. The van der Waals surface area contributed by atoms with Crippen LogP contribution in [0.3, 0.4) is 0 Å². The van der Waals surface area contributed by atoms with Crippen molar-refractivity contribution >= 4 is 5.69 Å². The van der Waals surface area contributed by atoms with Crippen LogP contribution in [0.25, 0.3) is 0 Å². The molecule has 1 aliphatic heterocycles. The number of anilines is 1. The lowest BCUT2D eigenvalue weighted by molar-refractivity contribution is 0.139. The number of rotatable bonds is 5. The molecule has 3 heteroatoms. The van der Waals surface area contributed by atoms with Gasteiger partial charge in [-0.05, 0) is 44.1 Å². The first-order valence-corrected chi connectivity index (χ1v) is 7.35. The third kappa shape index (κ3) is 3.95. The molecule has 0 radical (unpaired) electrons. The second-order valence-electron chi connectivity index (χ2n) is 5.74. The van der Waals surface area contributed by atoms with Gasteiger partial charge in [0, 0.05) is 38.9 Å². The Balaban J connectivity index is 1.98. The minimum Gasteiger partial charge on any atom is -0.378 e. The smallest absolute Gasteiger partial charge is 0.0361 e. The molecule has 0 aromatic heterocycles. The Labute approximate surface area is 117 Å². The summed E-state index contributed by atoms with van der Waals surface area (Å²) in [7, 11) is 6.23. The zero-order valence-electron chi connectivity index (χ0n) is 12.5. The topological polar surface area (TPSA) is 18.5 Å². The number of nitrogens with one attached hydrogen (secondary N) is 1. The highest BCUT2D eigenvalue weighted by atomic mass is 15.2. The monoisotopic (exact) mass is 261 g/mol. The summed E-state index contributed by atoms with van der Waals surface area (Å²) in [6.07, 6.45) is 4.05. The number of hydrogen-bond acceptors (Lipinski definition) is 3. The Kier molecular flexibility index (Phi) is 5.23. The second kappa shape index (κ2) is 6.92. The van der Waals surface area contributed by atoms with Crippen LogP contribution in [0.1, 0.15) is 24.8 Å². The fraction of sp³-hybridized carbons (Fsp3) is 0.625. The molecule has 1 saturated heterocycles. The van der Waals surface area contributed by atoms with Crippen molar-refractivity contribution in [2.45, 2.75) is 31.8 Å². The van der Waals surface area contributed by atoms with E-state index in [0.717, 1.165) is 13.1 Å². The third-order valence-corrected chi connectivity index (χ3v) is 4.03. The van der Waals surface area contributed by atoms with E-state index in [1.165, 1.54) is 37.1 Å². The number of likely N-dealkylation sites (tertiary alicyclic amines) is 1. The number of benzene rings is 1. The Morgan fingerprint density at radius 2 is 1.95 bits per heavy atom. The van der Waals surface area contributed by atoms with Gasteiger partial charge in [-0.15, -0.1) is 0 Å². The molecule has 1 atom stereocenters. The maximum atomic E-state index is 3.33. The van der Waals surface area contributed by atoms with Crippen molar-refractivity contribution in [3.05, 3.63) is 29.8 Å². The molecule has 1 fully saturated rings. The minimum absolute atomic E-state index is 0.701. The summed E-state index contributed by atoms with van der Waals surface area (Å²) in [5.74, 6) is 0. The van der Waals surface area contributed by atoms with Crippen LogP contribution in [0.5, 0.6) is 0 Å². The summed E-state index contributed by atoms with van der Waals surface area (Å²) < 4.78 is 0. The standard InChI is InChI=1S/C16H27N3/c1-17-12-16-6-4-5-11-19(16)13-14-7-9-15(10-8-14)18(2)3/h7-10,16-17H,4-6,11-13H2,1-3H3. The van der Waals surface area contributed by atoms with Crippen molar-refractivity contribution in [3.63, 3.8) is 0 Å². The van der Waals surface area contributed by atoms with Crippen LogP contribution in [-0.4, -0.2) is 45.2 Å². The third-order valence-electron chi connectivity index (χ3n) is 4.03. The van der Waals surface area contributed by atoms with Crippen molar-refractivity contribution in [3.8, 4) is 0 Å². The Bertz CT molecular complexity index is 370. The highest BCUT2D eigenvalue weighted by molar-refractivity contribution is 5.45. The van der Waals surface area contributed by atoms with E-state index in [2.05, 4.69) is 60.5 Å². The van der Waals surface area contributed by atoms with Crippen molar-refractivity contribution in [2.24, 2.45) is 0 Å². The van der Waals surface area contributed by atoms with Crippen molar-refractivity contribution in [1.82, 2.24) is 10.2 Å². The molecule has 106 valence electrons. The molecule has 2 rings (SSSR count). The summed E-state index contributed by atoms with van der Waals surface area (Å²) >= 11 is 0. The van der Waals surface area contributed by atoms with Gasteiger partial charge in [-0.2, -0.15) is 0 Å². The average Bonchev–Trinajstić information content (AvgIpc) is 2.42. The first kappa shape index (κ1) is 14.4. The largest absolute Gasteiger partial charge is 0.378 e. The molecule has 1 aromatic rings. The number of likely N-dealkylation sites (N-methyl/N-ethyl adjacent to an activating group) is 1. The van der Waals surface area contributed by atoms with Gasteiger partial charge in [0.25, 0.3) is 0 Å². The average molecular weight is 261 g/mol. The van der Waals surface area contributed by atoms with E-state index >= 15 is 0 Å². The predicted octanol–water partition coefficient (Wildman–Crippen LogP) is 2.33. The molecule has 1 heterocycles. The van der Waals surface area contributed by atoms with Crippen LogP contribution in [0.2, 0.25) is 0 Å². The van der Waals surface area contributed by atoms with Gasteiger partial charge < -0.3 is 10.2 Å². The van der Waals surface area contributed by atoms with Gasteiger partial charge in [0.1, 0.15) is 0 Å². The highest BCUT2D eigenvalue weighted by Gasteiger charge is 2.21. The lowest BCUT2D eigenvalue weighted by Gasteiger charge is -2.35. The van der Waals surface area contributed by atoms with Crippen LogP contribution in [0.4, 0.5) is 5.69 Å². The molecular formula is C16H27N3. The normalized spacial score (nSPS) is 20.5. The molecule has 1 unspecified atom stereocenters. The van der Waals surface area contributed by atoms with Gasteiger partial charge in [0.15, 0.2) is 0 Å². The summed E-state index contributed by atoms with van der Waals surface area (Å²) in [6.45, 7) is 3.43. The number of nitrogens with zero attached hydrogens (tertiary/aromatic N) is 2. The number of hydrogen-bond donors (Lipinski definition) is 1. The van der Waals surface area contributed by atoms with E-state index in [4.69, 9.17) is 0 Å². The number of piperidine rings is 1. The molecule has 0 bridgehead atoms. The maximum absolute atomic E-state index is 3.33. The molecule has 0 saturated carbocycles. The Morgan fingerprint density at radius 3 is 2.58 bits per heavy atom. The highest BCUT2D eigenvalue weighted by Crippen LogP contribution is 2.20. The molecular weight excluding hydrogens is 234 g/mol. The van der Waals surface area contributed by atoms with Crippen molar-refractivity contribution < 1.29 is 0 Å². The van der Waals surface area contributed by atoms with Crippen molar-refractivity contribution in [1.29, 1.82) is 0 Å². The van der Waals surface area contributed by atoms with Crippen LogP contribution < -0.4 is 10.2 Å². The van der Waals surface area contributed by atoms with E-state index in [1.54, 1.807) is 0 Å². The van der Waals surface area contributed by atoms with Gasteiger partial charge in [-0.25, -0.2) is 0 Å². The summed E-state index contributed by atoms with van der Waals surface area (Å²) in [4.78, 5) is 4.78. The summed E-state index contributed by atoms with van der Waals surface area (Å²) in [5.41, 5.74) is 2.70. The van der Waals surface area contributed by atoms with E-state index in [-0.39, 0.29) is 0 Å². The second-order valence-corrected chi connectivity index (χ2v) is 5.74. The van der Waals surface area contributed by atoms with Gasteiger partial charge >= 0.3 is 0 Å². The summed E-state index contributed by atoms with van der Waals surface area (Å²) in [6, 6.07) is 9.66. The SMILES string of the molecule is CNCC1CCCCN1Cc1ccc(N(C)C)cc1. The van der Waals surface area contributed by atoms with Gasteiger partial charge in [-0.3, -0.25) is 4.90 Å². The fourth-order valence-corrected chi connectivity index (χ4v) is 2.87. The van der Waals surface area contributed by atoms with E-state index in [9.17, 15) is 0 Å². The molecule has 0 spiro atoms. The first-order chi connectivity index (χ1) is 9.20. The molecule has 3 nitrogen and oxygen atoms in total. The molecule has 0 amide bonds.